The van der Waals surface area contributed by atoms with E-state index in [4.69, 9.17) is 0 Å². The van der Waals surface area contributed by atoms with E-state index in [1.807, 2.05) is 35.2 Å². The predicted molar refractivity (Wildman–Crippen MR) is 98.4 cm³/mol. The number of tetrazole rings is 1. The molecule has 0 spiro atoms. The molecule has 1 aliphatic heterocycles. The second kappa shape index (κ2) is 7.40. The van der Waals surface area contributed by atoms with Gasteiger partial charge in [-0.2, -0.15) is 4.68 Å². The van der Waals surface area contributed by atoms with Crippen molar-refractivity contribution in [2.75, 3.05) is 36.4 Å². The fourth-order valence-electron chi connectivity index (χ4n) is 2.98. The van der Waals surface area contributed by atoms with E-state index < -0.39 is 5.82 Å². The molecule has 2 aromatic carbocycles. The molecule has 0 radical (unpaired) electrons. The Kier molecular flexibility index (Phi) is 4.65. The second-order valence-corrected chi connectivity index (χ2v) is 6.11. The van der Waals surface area contributed by atoms with Crippen LogP contribution in [0.2, 0.25) is 0 Å². The van der Waals surface area contributed by atoms with E-state index >= 15 is 0 Å². The first kappa shape index (κ1) is 17.0. The molecule has 0 unspecified atom stereocenters. The summed E-state index contributed by atoms with van der Waals surface area (Å²) < 4.78 is 15.4. The molecule has 1 saturated heterocycles. The van der Waals surface area contributed by atoms with Crippen LogP contribution in [0.15, 0.2) is 54.6 Å². The Morgan fingerprint density at radius 1 is 0.963 bits per heavy atom. The second-order valence-electron chi connectivity index (χ2n) is 6.11. The highest BCUT2D eigenvalue weighted by molar-refractivity contribution is 5.89. The summed E-state index contributed by atoms with van der Waals surface area (Å²) in [4.78, 5) is 16.1. The number of para-hydroxylation sites is 2. The number of benzene rings is 2. The van der Waals surface area contributed by atoms with Gasteiger partial charge < -0.3 is 15.1 Å². The summed E-state index contributed by atoms with van der Waals surface area (Å²) in [7, 11) is 0. The molecule has 2 amide bonds. The summed E-state index contributed by atoms with van der Waals surface area (Å²) in [5.74, 6) is 0.182. The fourth-order valence-corrected chi connectivity index (χ4v) is 2.98. The van der Waals surface area contributed by atoms with Crippen LogP contribution in [0.25, 0.3) is 5.69 Å². The van der Waals surface area contributed by atoms with E-state index in [9.17, 15) is 9.18 Å². The van der Waals surface area contributed by atoms with Gasteiger partial charge in [0.05, 0.1) is 11.4 Å². The maximum absolute atomic E-state index is 13.7. The van der Waals surface area contributed by atoms with Crippen LogP contribution in [0, 0.1) is 5.82 Å². The van der Waals surface area contributed by atoms with Gasteiger partial charge in [-0.3, -0.25) is 0 Å². The Labute approximate surface area is 155 Å². The Bertz CT molecular complexity index is 922. The number of hydrogen-bond acceptors (Lipinski definition) is 5. The van der Waals surface area contributed by atoms with Gasteiger partial charge in [0.2, 0.25) is 5.95 Å². The van der Waals surface area contributed by atoms with Crippen molar-refractivity contribution in [3.05, 3.63) is 60.4 Å². The average molecular weight is 367 g/mol. The zero-order valence-electron chi connectivity index (χ0n) is 14.5. The van der Waals surface area contributed by atoms with Crippen LogP contribution < -0.4 is 10.2 Å². The van der Waals surface area contributed by atoms with E-state index in [1.54, 1.807) is 21.7 Å². The molecule has 8 nitrogen and oxygen atoms in total. The summed E-state index contributed by atoms with van der Waals surface area (Å²) in [6.45, 7) is 2.14. The lowest BCUT2D eigenvalue weighted by Crippen LogP contribution is -2.50. The van der Waals surface area contributed by atoms with Crippen LogP contribution in [0.4, 0.5) is 20.8 Å². The van der Waals surface area contributed by atoms with Gasteiger partial charge >= 0.3 is 6.03 Å². The summed E-state index contributed by atoms with van der Waals surface area (Å²) in [5, 5.41) is 14.6. The maximum Gasteiger partial charge on any atom is 0.322 e. The predicted octanol–water partition coefficient (Wildman–Crippen LogP) is 2.16. The van der Waals surface area contributed by atoms with Crippen LogP contribution in [0.5, 0.6) is 0 Å². The SMILES string of the molecule is O=C(Nc1ccccc1F)N1CCN(c2nnnn2-c2ccccc2)CC1. The van der Waals surface area contributed by atoms with Crippen LogP contribution in [0.1, 0.15) is 0 Å². The number of halogens is 1. The smallest absolute Gasteiger partial charge is 0.322 e. The first-order valence-electron chi connectivity index (χ1n) is 8.61. The zero-order chi connectivity index (χ0) is 18.6. The first-order chi connectivity index (χ1) is 13.2. The number of carbonyl (C=O) groups is 1. The molecule has 2 heterocycles. The van der Waals surface area contributed by atoms with Crippen LogP contribution in [-0.2, 0) is 0 Å². The molecule has 3 aromatic rings. The standard InChI is InChI=1S/C18H18FN7O/c19-15-8-4-5-9-16(15)20-18(27)25-12-10-24(11-13-25)17-21-22-23-26(17)14-6-2-1-3-7-14/h1-9H,10-13H2,(H,20,27). The normalized spacial score (nSPS) is 14.3. The molecule has 138 valence electrons. The van der Waals surface area contributed by atoms with E-state index in [2.05, 4.69) is 20.8 Å². The number of piperazine rings is 1. The molecule has 1 fully saturated rings. The number of urea groups is 1. The van der Waals surface area contributed by atoms with Gasteiger partial charge in [-0.05, 0) is 34.7 Å². The third-order valence-corrected chi connectivity index (χ3v) is 4.42. The third-order valence-electron chi connectivity index (χ3n) is 4.42. The number of nitrogens with one attached hydrogen (secondary N) is 1. The van der Waals surface area contributed by atoms with Gasteiger partial charge in [-0.15, -0.1) is 0 Å². The average Bonchev–Trinajstić information content (AvgIpc) is 3.20. The number of anilines is 2. The van der Waals surface area contributed by atoms with E-state index in [-0.39, 0.29) is 11.7 Å². The lowest BCUT2D eigenvalue weighted by atomic mass is 10.3. The van der Waals surface area contributed by atoms with Crippen molar-refractivity contribution in [3.63, 3.8) is 0 Å². The third kappa shape index (κ3) is 3.57. The van der Waals surface area contributed by atoms with Gasteiger partial charge in [-0.1, -0.05) is 35.4 Å². The summed E-state index contributed by atoms with van der Waals surface area (Å²) in [6, 6.07) is 15.4. The topological polar surface area (TPSA) is 79.2 Å². The van der Waals surface area contributed by atoms with Crippen molar-refractivity contribution in [2.24, 2.45) is 0 Å². The number of rotatable bonds is 3. The van der Waals surface area contributed by atoms with Gasteiger partial charge in [-0.25, -0.2) is 9.18 Å². The Morgan fingerprint density at radius 2 is 1.67 bits per heavy atom. The molecular weight excluding hydrogens is 349 g/mol. The number of nitrogens with zero attached hydrogens (tertiary/aromatic N) is 6. The first-order valence-corrected chi connectivity index (χ1v) is 8.61. The number of hydrogen-bond donors (Lipinski definition) is 1. The largest absolute Gasteiger partial charge is 0.336 e. The minimum Gasteiger partial charge on any atom is -0.336 e. The van der Waals surface area contributed by atoms with Gasteiger partial charge in [0.15, 0.2) is 0 Å². The van der Waals surface area contributed by atoms with Crippen molar-refractivity contribution in [1.29, 1.82) is 0 Å². The zero-order valence-corrected chi connectivity index (χ0v) is 14.5. The molecule has 0 aliphatic carbocycles. The quantitative estimate of drug-likeness (QED) is 0.767. The van der Waals surface area contributed by atoms with Crippen LogP contribution in [0.3, 0.4) is 0 Å². The maximum atomic E-state index is 13.7. The highest BCUT2D eigenvalue weighted by atomic mass is 19.1. The summed E-state index contributed by atoms with van der Waals surface area (Å²) in [5.41, 5.74) is 1.05. The van der Waals surface area contributed by atoms with Crippen molar-refractivity contribution in [2.45, 2.75) is 0 Å². The van der Waals surface area contributed by atoms with E-state index in [0.29, 0.717) is 32.1 Å². The molecule has 0 bridgehead atoms. The molecule has 1 aromatic heterocycles. The summed E-state index contributed by atoms with van der Waals surface area (Å²) >= 11 is 0. The highest BCUT2D eigenvalue weighted by Gasteiger charge is 2.25. The molecule has 1 aliphatic rings. The molecular formula is C18H18FN7O. The molecule has 0 saturated carbocycles. The van der Waals surface area contributed by atoms with Crippen molar-refractivity contribution >= 4 is 17.7 Å². The molecule has 27 heavy (non-hydrogen) atoms. The Hall–Kier alpha value is -3.49. The molecule has 4 rings (SSSR count). The number of aromatic nitrogens is 4. The van der Waals surface area contributed by atoms with Crippen molar-refractivity contribution in [1.82, 2.24) is 25.1 Å². The van der Waals surface area contributed by atoms with Crippen molar-refractivity contribution in [3.8, 4) is 5.69 Å². The monoisotopic (exact) mass is 367 g/mol. The lowest BCUT2D eigenvalue weighted by molar-refractivity contribution is 0.207. The van der Waals surface area contributed by atoms with Gasteiger partial charge in [0.25, 0.3) is 0 Å². The van der Waals surface area contributed by atoms with Gasteiger partial charge in [0, 0.05) is 26.2 Å². The summed E-state index contributed by atoms with van der Waals surface area (Å²) in [6.07, 6.45) is 0. The number of amides is 2. The minimum absolute atomic E-state index is 0.179. The fraction of sp³-hybridized carbons (Fsp3) is 0.222. The molecule has 0 atom stereocenters. The Morgan fingerprint density at radius 3 is 2.41 bits per heavy atom. The van der Waals surface area contributed by atoms with E-state index in [0.717, 1.165) is 5.69 Å². The lowest BCUT2D eigenvalue weighted by Gasteiger charge is -2.34. The van der Waals surface area contributed by atoms with E-state index in [1.165, 1.54) is 12.1 Å². The molecule has 9 heteroatoms. The minimum atomic E-state index is -0.452. The van der Waals surface area contributed by atoms with Crippen molar-refractivity contribution < 1.29 is 9.18 Å². The van der Waals surface area contributed by atoms with Crippen LogP contribution in [-0.4, -0.2) is 57.3 Å². The number of carbonyl (C=O) groups excluding carboxylic acids is 1. The van der Waals surface area contributed by atoms with Gasteiger partial charge in [0.1, 0.15) is 5.82 Å². The Balaban J connectivity index is 1.41. The van der Waals surface area contributed by atoms with Crippen LogP contribution >= 0.6 is 0 Å². The molecule has 1 N–H and O–H groups in total. The highest BCUT2D eigenvalue weighted by Crippen LogP contribution is 2.18.